The van der Waals surface area contributed by atoms with E-state index in [1.54, 1.807) is 49.0 Å². The standard InChI is InChI=1S/C23H26F3N3O3.ClH/c1-28-18-11-10-17(15-19(18)29(2)22(28)31)20(30)8-5-6-13-27-14-12-16-7-3-4-9-21(16)32-23(24,25)26;/h3-4,7,9-11,15,27H,5-6,8,12-14H2,1-2H3;1H. The van der Waals surface area contributed by atoms with Crippen LogP contribution in [0.4, 0.5) is 13.2 Å². The molecule has 1 aromatic heterocycles. The van der Waals surface area contributed by atoms with Gasteiger partial charge >= 0.3 is 12.1 Å². The molecule has 0 atom stereocenters. The van der Waals surface area contributed by atoms with Gasteiger partial charge in [-0.05, 0) is 62.2 Å². The molecule has 0 unspecified atom stereocenters. The molecule has 33 heavy (non-hydrogen) atoms. The second kappa shape index (κ2) is 11.4. The van der Waals surface area contributed by atoms with Crippen molar-refractivity contribution in [1.29, 1.82) is 0 Å². The first kappa shape index (κ1) is 26.5. The molecule has 0 amide bonds. The number of rotatable bonds is 10. The van der Waals surface area contributed by atoms with Crippen LogP contribution in [0, 0.1) is 0 Å². The number of imidazole rings is 1. The van der Waals surface area contributed by atoms with Crippen molar-refractivity contribution >= 4 is 29.2 Å². The third-order valence-electron chi connectivity index (χ3n) is 5.37. The van der Waals surface area contributed by atoms with Crippen LogP contribution in [0.5, 0.6) is 5.75 Å². The first-order valence-corrected chi connectivity index (χ1v) is 10.4. The van der Waals surface area contributed by atoms with E-state index >= 15 is 0 Å². The summed E-state index contributed by atoms with van der Waals surface area (Å²) in [6.45, 7) is 1.16. The Bertz CT molecular complexity index is 1160. The van der Waals surface area contributed by atoms with Crippen molar-refractivity contribution in [3.63, 3.8) is 0 Å². The number of para-hydroxylation sites is 1. The van der Waals surface area contributed by atoms with Crippen LogP contribution in [0.2, 0.25) is 0 Å². The lowest BCUT2D eigenvalue weighted by Gasteiger charge is -2.13. The Morgan fingerprint density at radius 3 is 2.42 bits per heavy atom. The number of unbranched alkanes of at least 4 members (excludes halogenated alkanes) is 1. The second-order valence-corrected chi connectivity index (χ2v) is 7.64. The van der Waals surface area contributed by atoms with E-state index in [0.29, 0.717) is 43.5 Å². The molecule has 0 bridgehead atoms. The van der Waals surface area contributed by atoms with E-state index in [9.17, 15) is 22.8 Å². The molecule has 0 aliphatic carbocycles. The van der Waals surface area contributed by atoms with Gasteiger partial charge in [-0.3, -0.25) is 13.9 Å². The zero-order valence-electron chi connectivity index (χ0n) is 18.4. The normalized spacial score (nSPS) is 11.4. The molecule has 0 saturated heterocycles. The maximum absolute atomic E-state index is 12.5. The summed E-state index contributed by atoms with van der Waals surface area (Å²) < 4.78 is 44.5. The van der Waals surface area contributed by atoms with E-state index in [0.717, 1.165) is 17.5 Å². The van der Waals surface area contributed by atoms with Gasteiger partial charge in [0.2, 0.25) is 0 Å². The van der Waals surface area contributed by atoms with E-state index in [1.807, 2.05) is 0 Å². The fraction of sp³-hybridized carbons (Fsp3) is 0.391. The van der Waals surface area contributed by atoms with Crippen LogP contribution < -0.4 is 15.7 Å². The molecule has 2 aromatic carbocycles. The SMILES string of the molecule is Cl.Cn1c(=O)n(C)c2cc(C(=O)CCCCNCCc3ccccc3OC(F)(F)F)ccc21. The van der Waals surface area contributed by atoms with Gasteiger partial charge in [-0.2, -0.15) is 0 Å². The minimum absolute atomic E-state index is 0. The van der Waals surface area contributed by atoms with E-state index in [1.165, 1.54) is 16.7 Å². The smallest absolute Gasteiger partial charge is 0.406 e. The molecule has 1 N–H and O–H groups in total. The molecule has 6 nitrogen and oxygen atoms in total. The number of halogens is 4. The van der Waals surface area contributed by atoms with Crippen molar-refractivity contribution in [1.82, 2.24) is 14.5 Å². The Balaban J connectivity index is 0.00000385. The largest absolute Gasteiger partial charge is 0.573 e. The fourth-order valence-corrected chi connectivity index (χ4v) is 3.64. The first-order chi connectivity index (χ1) is 15.2. The number of hydrogen-bond donors (Lipinski definition) is 1. The molecule has 0 radical (unpaired) electrons. The van der Waals surface area contributed by atoms with E-state index in [-0.39, 0.29) is 29.6 Å². The Morgan fingerprint density at radius 1 is 1.00 bits per heavy atom. The number of ketones is 1. The highest BCUT2D eigenvalue weighted by molar-refractivity contribution is 5.99. The van der Waals surface area contributed by atoms with Crippen LogP contribution in [0.1, 0.15) is 35.2 Å². The van der Waals surface area contributed by atoms with Crippen molar-refractivity contribution in [2.24, 2.45) is 14.1 Å². The number of fused-ring (bicyclic) bond motifs is 1. The molecule has 180 valence electrons. The molecule has 0 spiro atoms. The summed E-state index contributed by atoms with van der Waals surface area (Å²) in [5.74, 6) is -0.165. The van der Waals surface area contributed by atoms with Gasteiger partial charge in [-0.1, -0.05) is 18.2 Å². The maximum atomic E-state index is 12.5. The average molecular weight is 486 g/mol. The summed E-state index contributed by atoms with van der Waals surface area (Å²) in [7, 11) is 3.37. The zero-order chi connectivity index (χ0) is 23.3. The molecule has 10 heteroatoms. The van der Waals surface area contributed by atoms with Crippen molar-refractivity contribution in [3.05, 3.63) is 64.1 Å². The number of benzene rings is 2. The van der Waals surface area contributed by atoms with Crippen LogP contribution in [0.3, 0.4) is 0 Å². The molecule has 1 heterocycles. The summed E-state index contributed by atoms with van der Waals surface area (Å²) in [6, 6.07) is 11.4. The zero-order valence-corrected chi connectivity index (χ0v) is 19.3. The van der Waals surface area contributed by atoms with Crippen LogP contribution >= 0.6 is 12.4 Å². The van der Waals surface area contributed by atoms with Crippen LogP contribution in [0.25, 0.3) is 11.0 Å². The van der Waals surface area contributed by atoms with Gasteiger partial charge in [-0.25, -0.2) is 4.79 Å². The van der Waals surface area contributed by atoms with Gasteiger partial charge in [-0.15, -0.1) is 25.6 Å². The number of aryl methyl sites for hydroxylation is 2. The summed E-state index contributed by atoms with van der Waals surface area (Å²) in [5.41, 5.74) is 2.43. The number of carbonyl (C=O) groups excluding carboxylic acids is 1. The molecular formula is C23H27ClF3N3O3. The summed E-state index contributed by atoms with van der Waals surface area (Å²) in [5, 5.41) is 3.19. The Kier molecular flexibility index (Phi) is 9.13. The third-order valence-corrected chi connectivity index (χ3v) is 5.37. The molecular weight excluding hydrogens is 459 g/mol. The van der Waals surface area contributed by atoms with Crippen LogP contribution in [-0.4, -0.2) is 34.4 Å². The average Bonchev–Trinajstić information content (AvgIpc) is 2.96. The third kappa shape index (κ3) is 6.85. The highest BCUT2D eigenvalue weighted by Gasteiger charge is 2.31. The highest BCUT2D eigenvalue weighted by atomic mass is 35.5. The number of ether oxygens (including phenoxy) is 1. The van der Waals surface area contributed by atoms with Crippen LogP contribution in [-0.2, 0) is 20.5 Å². The van der Waals surface area contributed by atoms with Gasteiger partial charge in [0.1, 0.15) is 5.75 Å². The number of nitrogens with one attached hydrogen (secondary N) is 1. The van der Waals surface area contributed by atoms with Crippen LogP contribution in [0.15, 0.2) is 47.3 Å². The number of hydrogen-bond acceptors (Lipinski definition) is 4. The molecule has 0 aliphatic heterocycles. The van der Waals surface area contributed by atoms with E-state index in [2.05, 4.69) is 10.1 Å². The number of alkyl halides is 3. The predicted octanol–water partition coefficient (Wildman–Crippen LogP) is 4.38. The number of carbonyl (C=O) groups is 1. The lowest BCUT2D eigenvalue weighted by Crippen LogP contribution is -2.21. The highest BCUT2D eigenvalue weighted by Crippen LogP contribution is 2.26. The topological polar surface area (TPSA) is 65.3 Å². The summed E-state index contributed by atoms with van der Waals surface area (Å²) in [4.78, 5) is 24.5. The first-order valence-electron chi connectivity index (χ1n) is 10.4. The molecule has 3 rings (SSSR count). The van der Waals surface area contributed by atoms with Crippen molar-refractivity contribution < 1.29 is 22.7 Å². The predicted molar refractivity (Wildman–Crippen MR) is 123 cm³/mol. The van der Waals surface area contributed by atoms with Gasteiger partial charge < -0.3 is 10.1 Å². The molecule has 0 fully saturated rings. The van der Waals surface area contributed by atoms with Crippen molar-refractivity contribution in [2.75, 3.05) is 13.1 Å². The molecule has 3 aromatic rings. The minimum Gasteiger partial charge on any atom is -0.406 e. The quantitative estimate of drug-likeness (QED) is 0.342. The van der Waals surface area contributed by atoms with Gasteiger partial charge in [0.15, 0.2) is 5.78 Å². The lowest BCUT2D eigenvalue weighted by molar-refractivity contribution is -0.274. The van der Waals surface area contributed by atoms with Gasteiger partial charge in [0.05, 0.1) is 11.0 Å². The van der Waals surface area contributed by atoms with Crippen molar-refractivity contribution in [2.45, 2.75) is 32.0 Å². The number of nitrogens with zero attached hydrogens (tertiary/aromatic N) is 2. The molecule has 0 saturated carbocycles. The Morgan fingerprint density at radius 2 is 1.70 bits per heavy atom. The second-order valence-electron chi connectivity index (χ2n) is 7.64. The number of aromatic nitrogens is 2. The number of Topliss-reactive ketones (excluding diaryl/α,β-unsaturated/α-hetero) is 1. The minimum atomic E-state index is -4.71. The maximum Gasteiger partial charge on any atom is 0.573 e. The fourth-order valence-electron chi connectivity index (χ4n) is 3.64. The van der Waals surface area contributed by atoms with E-state index in [4.69, 9.17) is 0 Å². The van der Waals surface area contributed by atoms with Gasteiger partial charge in [0, 0.05) is 26.1 Å². The summed E-state index contributed by atoms with van der Waals surface area (Å²) >= 11 is 0. The Hall–Kier alpha value is -2.78. The Labute approximate surface area is 195 Å². The van der Waals surface area contributed by atoms with E-state index < -0.39 is 6.36 Å². The summed E-state index contributed by atoms with van der Waals surface area (Å²) in [6.07, 6.45) is -2.48. The molecule has 0 aliphatic rings. The van der Waals surface area contributed by atoms with Gasteiger partial charge in [0.25, 0.3) is 0 Å². The lowest BCUT2D eigenvalue weighted by atomic mass is 10.0. The van der Waals surface area contributed by atoms with Crippen molar-refractivity contribution in [3.8, 4) is 5.75 Å². The monoisotopic (exact) mass is 485 g/mol.